The first kappa shape index (κ1) is 10.1. The average molecular weight is 198 g/mol. The van der Waals surface area contributed by atoms with Gasteiger partial charge in [-0.2, -0.15) is 0 Å². The van der Waals surface area contributed by atoms with Gasteiger partial charge in [0.15, 0.2) is 5.96 Å². The van der Waals surface area contributed by atoms with Crippen LogP contribution in [-0.2, 0) is 0 Å². The number of guanidine groups is 1. The molecule has 0 bridgehead atoms. The van der Waals surface area contributed by atoms with Crippen LogP contribution in [0.4, 0.5) is 14.5 Å². The standard InChI is InChI=1S/C8H8F2N4/c9-5-1-6(10)3-7(2-5)13-4-14-8(11)12/h1-4H,(H4,11,12,13,14). The predicted molar refractivity (Wildman–Crippen MR) is 50.3 cm³/mol. The van der Waals surface area contributed by atoms with E-state index in [-0.39, 0.29) is 11.6 Å². The summed E-state index contributed by atoms with van der Waals surface area (Å²) in [5.74, 6) is -1.59. The lowest BCUT2D eigenvalue weighted by Crippen LogP contribution is -2.22. The Morgan fingerprint density at radius 1 is 1.14 bits per heavy atom. The Balaban J connectivity index is 2.87. The molecule has 74 valence electrons. The number of nitrogens with two attached hydrogens (primary N) is 2. The molecule has 0 saturated carbocycles. The Morgan fingerprint density at radius 2 is 1.71 bits per heavy atom. The highest BCUT2D eigenvalue weighted by atomic mass is 19.1. The van der Waals surface area contributed by atoms with E-state index in [9.17, 15) is 8.78 Å². The van der Waals surface area contributed by atoms with Gasteiger partial charge in [0.2, 0.25) is 0 Å². The van der Waals surface area contributed by atoms with Gasteiger partial charge in [-0.1, -0.05) is 0 Å². The monoisotopic (exact) mass is 198 g/mol. The van der Waals surface area contributed by atoms with Gasteiger partial charge < -0.3 is 11.5 Å². The van der Waals surface area contributed by atoms with Crippen LogP contribution in [0.5, 0.6) is 0 Å². The molecule has 1 aromatic rings. The molecule has 0 radical (unpaired) electrons. The molecule has 0 spiro atoms. The first-order valence-electron chi connectivity index (χ1n) is 3.65. The van der Waals surface area contributed by atoms with Gasteiger partial charge in [0.05, 0.1) is 5.69 Å². The van der Waals surface area contributed by atoms with Gasteiger partial charge in [0.1, 0.15) is 18.0 Å². The van der Waals surface area contributed by atoms with Crippen molar-refractivity contribution in [2.24, 2.45) is 21.5 Å². The normalized spacial score (nSPS) is 10.4. The molecule has 0 atom stereocenters. The summed E-state index contributed by atoms with van der Waals surface area (Å²) in [6.07, 6.45) is 1.02. The maximum absolute atomic E-state index is 12.6. The first-order chi connectivity index (χ1) is 6.58. The summed E-state index contributed by atoms with van der Waals surface area (Å²) in [4.78, 5) is 7.03. The van der Waals surface area contributed by atoms with E-state index in [0.29, 0.717) is 0 Å². The van der Waals surface area contributed by atoms with E-state index in [2.05, 4.69) is 9.98 Å². The Bertz CT molecular complexity index is 363. The molecule has 0 amide bonds. The van der Waals surface area contributed by atoms with Crippen LogP contribution in [-0.4, -0.2) is 12.3 Å². The lowest BCUT2D eigenvalue weighted by atomic mass is 10.3. The second-order valence-electron chi connectivity index (χ2n) is 2.43. The SMILES string of the molecule is NC(N)=NC=Nc1cc(F)cc(F)c1. The van der Waals surface area contributed by atoms with Crippen LogP contribution in [0.1, 0.15) is 0 Å². The van der Waals surface area contributed by atoms with E-state index in [1.165, 1.54) is 0 Å². The Labute approximate surface area is 79.0 Å². The summed E-state index contributed by atoms with van der Waals surface area (Å²) in [6, 6.07) is 2.86. The van der Waals surface area contributed by atoms with Gasteiger partial charge in [0.25, 0.3) is 0 Å². The van der Waals surface area contributed by atoms with Crippen molar-refractivity contribution in [2.45, 2.75) is 0 Å². The molecule has 6 heteroatoms. The molecule has 4 N–H and O–H groups in total. The Morgan fingerprint density at radius 3 is 2.21 bits per heavy atom. The van der Waals surface area contributed by atoms with E-state index in [1.807, 2.05) is 0 Å². The minimum absolute atomic E-state index is 0.104. The Kier molecular flexibility index (Phi) is 3.11. The molecule has 0 heterocycles. The van der Waals surface area contributed by atoms with Gasteiger partial charge in [0, 0.05) is 6.07 Å². The third-order valence-electron chi connectivity index (χ3n) is 1.26. The summed E-state index contributed by atoms with van der Waals surface area (Å²) >= 11 is 0. The van der Waals surface area contributed by atoms with E-state index >= 15 is 0 Å². The summed E-state index contributed by atoms with van der Waals surface area (Å²) < 4.78 is 25.2. The van der Waals surface area contributed by atoms with Gasteiger partial charge in [-0.05, 0) is 12.1 Å². The van der Waals surface area contributed by atoms with E-state index in [0.717, 1.165) is 24.5 Å². The van der Waals surface area contributed by atoms with E-state index < -0.39 is 11.6 Å². The van der Waals surface area contributed by atoms with Crippen LogP contribution in [0.3, 0.4) is 0 Å². The summed E-state index contributed by atoms with van der Waals surface area (Å²) in [5.41, 5.74) is 10.1. The highest BCUT2D eigenvalue weighted by Crippen LogP contribution is 2.15. The molecule has 1 aromatic carbocycles. The number of aliphatic imine (C=N–C) groups is 2. The first-order valence-corrected chi connectivity index (χ1v) is 3.65. The molecular weight excluding hydrogens is 190 g/mol. The quantitative estimate of drug-likeness (QED) is 0.547. The zero-order valence-electron chi connectivity index (χ0n) is 7.11. The molecule has 4 nitrogen and oxygen atoms in total. The molecule has 0 aliphatic heterocycles. The minimum Gasteiger partial charge on any atom is -0.370 e. The zero-order chi connectivity index (χ0) is 10.6. The van der Waals surface area contributed by atoms with Crippen LogP contribution in [0.2, 0.25) is 0 Å². The fourth-order valence-corrected chi connectivity index (χ4v) is 0.776. The molecule has 14 heavy (non-hydrogen) atoms. The van der Waals surface area contributed by atoms with Gasteiger partial charge >= 0.3 is 0 Å². The summed E-state index contributed by atoms with van der Waals surface area (Å²) in [6.45, 7) is 0. The molecule has 0 fully saturated rings. The second kappa shape index (κ2) is 4.31. The fraction of sp³-hybridized carbons (Fsp3) is 0. The van der Waals surface area contributed by atoms with Crippen molar-refractivity contribution < 1.29 is 8.78 Å². The number of hydrogen-bond acceptors (Lipinski definition) is 1. The van der Waals surface area contributed by atoms with E-state index in [1.54, 1.807) is 0 Å². The van der Waals surface area contributed by atoms with Crippen LogP contribution >= 0.6 is 0 Å². The van der Waals surface area contributed by atoms with Gasteiger partial charge in [-0.25, -0.2) is 18.8 Å². The van der Waals surface area contributed by atoms with Crippen LogP contribution in [0, 0.1) is 11.6 Å². The van der Waals surface area contributed by atoms with Gasteiger partial charge in [-0.3, -0.25) is 0 Å². The lowest BCUT2D eigenvalue weighted by Gasteiger charge is -1.93. The molecule has 0 unspecified atom stereocenters. The molecule has 0 aliphatic rings. The largest absolute Gasteiger partial charge is 0.370 e. The minimum atomic E-state index is -0.707. The number of hydrogen-bond donors (Lipinski definition) is 2. The molecule has 0 aliphatic carbocycles. The summed E-state index contributed by atoms with van der Waals surface area (Å²) in [5, 5.41) is 0. The predicted octanol–water partition coefficient (Wildman–Crippen LogP) is 0.898. The summed E-state index contributed by atoms with van der Waals surface area (Å²) in [7, 11) is 0. The third-order valence-corrected chi connectivity index (χ3v) is 1.26. The van der Waals surface area contributed by atoms with Crippen molar-refractivity contribution in [3.63, 3.8) is 0 Å². The van der Waals surface area contributed by atoms with Gasteiger partial charge in [-0.15, -0.1) is 0 Å². The van der Waals surface area contributed by atoms with Crippen molar-refractivity contribution >= 4 is 18.0 Å². The molecule has 0 aromatic heterocycles. The molecule has 1 rings (SSSR count). The van der Waals surface area contributed by atoms with Crippen molar-refractivity contribution in [3.8, 4) is 0 Å². The Hall–Kier alpha value is -1.98. The number of benzene rings is 1. The fourth-order valence-electron chi connectivity index (χ4n) is 0.776. The van der Waals surface area contributed by atoms with E-state index in [4.69, 9.17) is 11.5 Å². The van der Waals surface area contributed by atoms with Crippen molar-refractivity contribution in [2.75, 3.05) is 0 Å². The average Bonchev–Trinajstić information content (AvgIpc) is 2.01. The van der Waals surface area contributed by atoms with Crippen LogP contribution in [0.25, 0.3) is 0 Å². The number of halogens is 2. The number of nitrogens with zero attached hydrogens (tertiary/aromatic N) is 2. The number of rotatable bonds is 2. The maximum atomic E-state index is 12.6. The third kappa shape index (κ3) is 3.18. The van der Waals surface area contributed by atoms with Crippen LogP contribution < -0.4 is 11.5 Å². The lowest BCUT2D eigenvalue weighted by molar-refractivity contribution is 0.584. The topological polar surface area (TPSA) is 76.8 Å². The second-order valence-corrected chi connectivity index (χ2v) is 2.43. The smallest absolute Gasteiger partial charge is 0.192 e. The zero-order valence-corrected chi connectivity index (χ0v) is 7.11. The van der Waals surface area contributed by atoms with Crippen molar-refractivity contribution in [1.82, 2.24) is 0 Å². The van der Waals surface area contributed by atoms with Crippen molar-refractivity contribution in [3.05, 3.63) is 29.8 Å². The highest BCUT2D eigenvalue weighted by Gasteiger charge is 1.97. The van der Waals surface area contributed by atoms with Crippen LogP contribution in [0.15, 0.2) is 28.2 Å². The maximum Gasteiger partial charge on any atom is 0.192 e. The van der Waals surface area contributed by atoms with Crippen molar-refractivity contribution in [1.29, 1.82) is 0 Å². The molecule has 0 saturated heterocycles. The highest BCUT2D eigenvalue weighted by molar-refractivity contribution is 5.84. The molecular formula is C8H8F2N4.